The van der Waals surface area contributed by atoms with Gasteiger partial charge in [-0.1, -0.05) is 45.6 Å². The maximum atomic E-state index is 14.9. The Morgan fingerprint density at radius 3 is 2.40 bits per heavy atom. The third-order valence-electron chi connectivity index (χ3n) is 7.82. The van der Waals surface area contributed by atoms with Crippen LogP contribution in [0.15, 0.2) is 49.6 Å². The van der Waals surface area contributed by atoms with E-state index < -0.39 is 47.3 Å². The van der Waals surface area contributed by atoms with Gasteiger partial charge in [-0.15, -0.1) is 6.58 Å². The highest BCUT2D eigenvalue weighted by atomic mass is 19.3. The zero-order valence-corrected chi connectivity index (χ0v) is 25.1. The molecule has 1 aliphatic heterocycles. The monoisotopic (exact) mass is 602 g/mol. The minimum absolute atomic E-state index is 0.159. The summed E-state index contributed by atoms with van der Waals surface area (Å²) < 4.78 is 52.1. The van der Waals surface area contributed by atoms with Crippen LogP contribution >= 0.6 is 0 Å². The average molecular weight is 603 g/mol. The highest BCUT2D eigenvalue weighted by molar-refractivity contribution is 5.76. The third-order valence-corrected chi connectivity index (χ3v) is 7.82. The number of amides is 1. The largest absolute Gasteiger partial charge is 0.471 e. The van der Waals surface area contributed by atoms with Crippen LogP contribution in [0.3, 0.4) is 0 Å². The van der Waals surface area contributed by atoms with E-state index in [-0.39, 0.29) is 37.6 Å². The number of nitrogens with one attached hydrogen (secondary N) is 1. The molecule has 1 N–H and O–H groups in total. The van der Waals surface area contributed by atoms with Crippen molar-refractivity contribution in [1.29, 1.82) is 0 Å². The van der Waals surface area contributed by atoms with E-state index in [0.717, 1.165) is 6.42 Å². The molecule has 0 radical (unpaired) electrons. The topological polar surface area (TPSA) is 112 Å². The molecule has 4 rings (SSSR count). The van der Waals surface area contributed by atoms with Crippen LogP contribution in [0.1, 0.15) is 45.7 Å². The number of para-hydroxylation sites is 2. The summed E-state index contributed by atoms with van der Waals surface area (Å²) in [6, 6.07) is 5.46. The summed E-state index contributed by atoms with van der Waals surface area (Å²) in [4.78, 5) is 36.0. The van der Waals surface area contributed by atoms with Gasteiger partial charge in [-0.3, -0.25) is 9.69 Å². The molecule has 1 aromatic carbocycles. The van der Waals surface area contributed by atoms with Gasteiger partial charge in [0.2, 0.25) is 5.88 Å². The van der Waals surface area contributed by atoms with Crippen molar-refractivity contribution in [2.75, 3.05) is 26.8 Å². The molecular formula is C31H40F2N4O6. The zero-order chi connectivity index (χ0) is 31.4. The van der Waals surface area contributed by atoms with Crippen LogP contribution in [0.2, 0.25) is 0 Å². The number of halogens is 2. The number of hydrogen-bond acceptors (Lipinski definition) is 9. The number of ether oxygens (including phenoxy) is 4. The number of alkyl halides is 2. The number of esters is 1. The van der Waals surface area contributed by atoms with E-state index in [2.05, 4.69) is 28.4 Å². The highest BCUT2D eigenvalue weighted by Crippen LogP contribution is 2.36. The molecule has 1 amide bonds. The van der Waals surface area contributed by atoms with Gasteiger partial charge < -0.3 is 24.3 Å². The van der Waals surface area contributed by atoms with Gasteiger partial charge >= 0.3 is 18.0 Å². The summed E-state index contributed by atoms with van der Waals surface area (Å²) in [5.74, 6) is -4.33. The van der Waals surface area contributed by atoms with Gasteiger partial charge in [0, 0.05) is 25.6 Å². The fourth-order valence-electron chi connectivity index (χ4n) is 5.11. The Hall–Kier alpha value is -3.64. The van der Waals surface area contributed by atoms with E-state index in [1.807, 2.05) is 25.7 Å². The lowest BCUT2D eigenvalue weighted by atomic mass is 9.86. The molecule has 1 saturated carbocycles. The Morgan fingerprint density at radius 1 is 1.14 bits per heavy atom. The summed E-state index contributed by atoms with van der Waals surface area (Å²) in [5.41, 5.74) is -0.407. The predicted octanol–water partition coefficient (Wildman–Crippen LogP) is 4.78. The highest BCUT2D eigenvalue weighted by Gasteiger charge is 2.44. The number of carbonyl (C=O) groups excluding carboxylic acids is 2. The summed E-state index contributed by atoms with van der Waals surface area (Å²) in [5, 5.41) is 2.95. The van der Waals surface area contributed by atoms with Crippen molar-refractivity contribution in [3.8, 4) is 5.88 Å². The molecule has 2 aliphatic rings. The molecule has 1 saturated heterocycles. The molecule has 2 fully saturated rings. The number of likely N-dealkylation sites (tertiary alicyclic amines) is 1. The molecule has 234 valence electrons. The first kappa shape index (κ1) is 32.3. The number of allylic oxidation sites excluding steroid dienone is 1. The number of benzene rings is 1. The smallest absolute Gasteiger partial charge is 0.407 e. The predicted molar refractivity (Wildman–Crippen MR) is 156 cm³/mol. The van der Waals surface area contributed by atoms with Gasteiger partial charge in [0.15, 0.2) is 5.69 Å². The van der Waals surface area contributed by atoms with Crippen molar-refractivity contribution >= 4 is 23.1 Å². The van der Waals surface area contributed by atoms with Crippen molar-refractivity contribution in [1.82, 2.24) is 20.2 Å². The zero-order valence-electron chi connectivity index (χ0n) is 25.1. The summed E-state index contributed by atoms with van der Waals surface area (Å²) in [7, 11) is 1.28. The lowest BCUT2D eigenvalue weighted by molar-refractivity contribution is -0.146. The van der Waals surface area contributed by atoms with Gasteiger partial charge in [-0.2, -0.15) is 8.78 Å². The Kier molecular flexibility index (Phi) is 10.0. The second-order valence-electron chi connectivity index (χ2n) is 11.9. The third kappa shape index (κ3) is 7.66. The number of hydrogen-bond donors (Lipinski definition) is 1. The van der Waals surface area contributed by atoms with E-state index in [4.69, 9.17) is 18.9 Å². The Bertz CT molecular complexity index is 1330. The van der Waals surface area contributed by atoms with Gasteiger partial charge in [0.25, 0.3) is 0 Å². The standard InChI is InChI=1S/C31H40F2N4O6/c1-7-15-41-23-13-14-24(23)43-29(39)36-25(30(3,4)5)18-37-17-19(16-22(37)28(38)40-6)42-27-26(31(32,33)8-2)34-20-11-9-10-12-21(20)35-27/h7-12,19,22-25H,1-2,13-18H2,3-6H3,(H,36,39). The van der Waals surface area contributed by atoms with E-state index in [1.165, 1.54) is 7.11 Å². The first-order valence-electron chi connectivity index (χ1n) is 14.3. The molecule has 12 heteroatoms. The Morgan fingerprint density at radius 2 is 1.81 bits per heavy atom. The summed E-state index contributed by atoms with van der Waals surface area (Å²) >= 11 is 0. The maximum absolute atomic E-state index is 14.9. The summed E-state index contributed by atoms with van der Waals surface area (Å²) in [6.07, 6.45) is 2.01. The molecule has 0 spiro atoms. The van der Waals surface area contributed by atoms with E-state index in [9.17, 15) is 18.4 Å². The fraction of sp³-hybridized carbons (Fsp3) is 0.548. The Labute approximate surface area is 250 Å². The van der Waals surface area contributed by atoms with Crippen LogP contribution in [0.4, 0.5) is 13.6 Å². The molecule has 43 heavy (non-hydrogen) atoms. The number of aromatic nitrogens is 2. The van der Waals surface area contributed by atoms with Gasteiger partial charge in [0.1, 0.15) is 18.2 Å². The van der Waals surface area contributed by atoms with Crippen LogP contribution < -0.4 is 10.1 Å². The molecule has 5 atom stereocenters. The minimum Gasteiger partial charge on any atom is -0.471 e. The quantitative estimate of drug-likeness (QED) is 0.271. The number of carbonyl (C=O) groups is 2. The van der Waals surface area contributed by atoms with Crippen LogP contribution in [0.5, 0.6) is 5.88 Å². The van der Waals surface area contributed by atoms with Gasteiger partial charge in [-0.25, -0.2) is 14.8 Å². The van der Waals surface area contributed by atoms with Crippen molar-refractivity contribution in [2.45, 2.75) is 76.4 Å². The number of methoxy groups -OCH3 is 1. The van der Waals surface area contributed by atoms with Crippen molar-refractivity contribution in [3.05, 3.63) is 55.3 Å². The Balaban J connectivity index is 1.51. The molecule has 10 nitrogen and oxygen atoms in total. The van der Waals surface area contributed by atoms with Gasteiger partial charge in [-0.05, 0) is 36.5 Å². The van der Waals surface area contributed by atoms with Crippen LogP contribution in [0, 0.1) is 5.41 Å². The second kappa shape index (κ2) is 13.3. The first-order chi connectivity index (χ1) is 20.4. The number of fused-ring (bicyclic) bond motifs is 1. The minimum atomic E-state index is -3.50. The lowest BCUT2D eigenvalue weighted by Crippen LogP contribution is -2.54. The summed E-state index contributed by atoms with van der Waals surface area (Å²) in [6.45, 7) is 13.6. The van der Waals surface area contributed by atoms with Crippen molar-refractivity contribution < 1.29 is 37.3 Å². The SMILES string of the molecule is C=CCOC1CCC1OC(=O)NC(CN1CC(Oc2nc3ccccc3nc2C(F)(F)C=C)CC1C(=O)OC)C(C)(C)C. The number of alkyl carbamates (subject to hydrolysis) is 1. The molecule has 1 aromatic heterocycles. The average Bonchev–Trinajstić information content (AvgIpc) is 3.35. The molecule has 2 heterocycles. The van der Waals surface area contributed by atoms with Crippen LogP contribution in [-0.2, 0) is 24.9 Å². The van der Waals surface area contributed by atoms with Gasteiger partial charge in [0.05, 0.1) is 30.9 Å². The fourth-order valence-corrected chi connectivity index (χ4v) is 5.11. The molecule has 0 bridgehead atoms. The van der Waals surface area contributed by atoms with E-state index in [0.29, 0.717) is 30.1 Å². The van der Waals surface area contributed by atoms with Crippen LogP contribution in [-0.4, -0.2) is 84.1 Å². The van der Waals surface area contributed by atoms with Crippen LogP contribution in [0.25, 0.3) is 11.0 Å². The number of nitrogens with zero attached hydrogens (tertiary/aromatic N) is 3. The first-order valence-corrected chi connectivity index (χ1v) is 14.3. The molecular weight excluding hydrogens is 562 g/mol. The molecule has 5 unspecified atom stereocenters. The van der Waals surface area contributed by atoms with E-state index >= 15 is 0 Å². The van der Waals surface area contributed by atoms with Crippen molar-refractivity contribution in [2.24, 2.45) is 5.41 Å². The number of rotatable bonds is 12. The van der Waals surface area contributed by atoms with Crippen molar-refractivity contribution in [3.63, 3.8) is 0 Å². The molecule has 1 aliphatic carbocycles. The van der Waals surface area contributed by atoms with E-state index in [1.54, 1.807) is 30.3 Å². The normalized spacial score (nSPS) is 23.2. The lowest BCUT2D eigenvalue weighted by Gasteiger charge is -2.38. The second-order valence-corrected chi connectivity index (χ2v) is 11.9. The maximum Gasteiger partial charge on any atom is 0.407 e. The molecule has 2 aromatic rings.